The van der Waals surface area contributed by atoms with E-state index in [9.17, 15) is 4.79 Å². The lowest BCUT2D eigenvalue weighted by molar-refractivity contribution is 0.185. The molecule has 1 N–H and O–H groups in total. The molecule has 2 amide bonds. The highest BCUT2D eigenvalue weighted by molar-refractivity contribution is 5.78. The molecule has 14 heavy (non-hydrogen) atoms. The molecule has 1 aliphatic rings. The maximum atomic E-state index is 11.6. The summed E-state index contributed by atoms with van der Waals surface area (Å²) in [7, 11) is 0. The van der Waals surface area contributed by atoms with E-state index in [1.165, 1.54) is 0 Å². The Kier molecular flexibility index (Phi) is 2.70. The molecule has 0 bridgehead atoms. The van der Waals surface area contributed by atoms with Crippen LogP contribution in [0.15, 0.2) is 0 Å². The lowest BCUT2D eigenvalue weighted by atomic mass is 10.0. The summed E-state index contributed by atoms with van der Waals surface area (Å²) in [6.45, 7) is 8.27. The Morgan fingerprint density at radius 3 is 2.57 bits per heavy atom. The van der Waals surface area contributed by atoms with Crippen LogP contribution in [0.2, 0.25) is 0 Å². The number of carbonyl (C=O) groups excluding carboxylic acids is 1. The summed E-state index contributed by atoms with van der Waals surface area (Å²) in [5.74, 6) is 0.401. The van der Waals surface area contributed by atoms with Gasteiger partial charge in [-0.15, -0.1) is 0 Å². The van der Waals surface area contributed by atoms with Crippen LogP contribution in [0.3, 0.4) is 0 Å². The van der Waals surface area contributed by atoms with Crippen molar-refractivity contribution in [1.82, 2.24) is 10.2 Å². The molecular weight excluding hydrogens is 178 g/mol. The third-order valence-electron chi connectivity index (χ3n) is 2.69. The zero-order valence-electron chi connectivity index (χ0n) is 9.16. The summed E-state index contributed by atoms with van der Waals surface area (Å²) in [5.41, 5.74) is -0.715. The van der Waals surface area contributed by atoms with Crippen molar-refractivity contribution in [3.63, 3.8) is 0 Å². The molecule has 0 aromatic carbocycles. The van der Waals surface area contributed by atoms with E-state index in [0.29, 0.717) is 12.5 Å². The zero-order chi connectivity index (χ0) is 10.9. The summed E-state index contributed by atoms with van der Waals surface area (Å²) < 4.78 is 0. The van der Waals surface area contributed by atoms with Crippen LogP contribution in [0.5, 0.6) is 0 Å². The van der Waals surface area contributed by atoms with Gasteiger partial charge in [-0.1, -0.05) is 13.8 Å². The smallest absolute Gasteiger partial charge is 0.319 e. The second-order valence-electron chi connectivity index (χ2n) is 4.58. The molecule has 78 valence electrons. The molecule has 0 saturated carbocycles. The Hall–Kier alpha value is -1.24. The number of hydrogen-bond donors (Lipinski definition) is 1. The third kappa shape index (κ3) is 1.82. The van der Waals surface area contributed by atoms with E-state index < -0.39 is 5.54 Å². The van der Waals surface area contributed by atoms with E-state index >= 15 is 0 Å². The van der Waals surface area contributed by atoms with Gasteiger partial charge in [-0.25, -0.2) is 4.79 Å². The highest BCUT2D eigenvalue weighted by atomic mass is 16.2. The summed E-state index contributed by atoms with van der Waals surface area (Å²) in [6.07, 6.45) is 0. The first kappa shape index (κ1) is 10.8. The molecule has 1 aliphatic heterocycles. The number of nitriles is 1. The van der Waals surface area contributed by atoms with Crippen molar-refractivity contribution in [3.05, 3.63) is 0 Å². The second kappa shape index (κ2) is 3.49. The standard InChI is InChI=1S/C10H17N3O/c1-7(2)8-5-13(9(14)12-8)10(3,4)6-11/h7-8H,5H2,1-4H3,(H,12,14). The van der Waals surface area contributed by atoms with E-state index in [1.54, 1.807) is 18.7 Å². The van der Waals surface area contributed by atoms with E-state index in [-0.39, 0.29) is 12.1 Å². The van der Waals surface area contributed by atoms with Crippen LogP contribution < -0.4 is 5.32 Å². The second-order valence-corrected chi connectivity index (χ2v) is 4.58. The van der Waals surface area contributed by atoms with E-state index in [4.69, 9.17) is 5.26 Å². The number of amides is 2. The van der Waals surface area contributed by atoms with Crippen molar-refractivity contribution in [2.45, 2.75) is 39.3 Å². The summed E-state index contributed by atoms with van der Waals surface area (Å²) in [4.78, 5) is 13.2. The number of hydrogen-bond acceptors (Lipinski definition) is 2. The van der Waals surface area contributed by atoms with Gasteiger partial charge in [0.15, 0.2) is 0 Å². The van der Waals surface area contributed by atoms with Gasteiger partial charge in [0.25, 0.3) is 0 Å². The predicted octanol–water partition coefficient (Wildman–Crippen LogP) is 1.34. The first-order valence-electron chi connectivity index (χ1n) is 4.88. The molecule has 0 spiro atoms. The normalized spacial score (nSPS) is 22.4. The number of urea groups is 1. The number of nitrogens with zero attached hydrogens (tertiary/aromatic N) is 2. The SMILES string of the molecule is CC(C)C1CN(C(C)(C)C#N)C(=O)N1. The monoisotopic (exact) mass is 195 g/mol. The highest BCUT2D eigenvalue weighted by Gasteiger charge is 2.39. The Morgan fingerprint density at radius 2 is 2.21 bits per heavy atom. The van der Waals surface area contributed by atoms with Crippen molar-refractivity contribution >= 4 is 6.03 Å². The number of nitrogens with one attached hydrogen (secondary N) is 1. The maximum Gasteiger partial charge on any atom is 0.319 e. The fourth-order valence-corrected chi connectivity index (χ4v) is 1.48. The molecule has 0 aromatic rings. The molecule has 1 unspecified atom stereocenters. The van der Waals surface area contributed by atoms with Gasteiger partial charge < -0.3 is 10.2 Å². The first-order valence-corrected chi connectivity index (χ1v) is 4.88. The van der Waals surface area contributed by atoms with Gasteiger partial charge in [0.2, 0.25) is 0 Å². The van der Waals surface area contributed by atoms with Crippen LogP contribution in [0.4, 0.5) is 4.79 Å². The Labute approximate surface area is 84.9 Å². The lowest BCUT2D eigenvalue weighted by Crippen LogP contribution is -2.44. The molecule has 1 atom stereocenters. The van der Waals surface area contributed by atoms with E-state index in [2.05, 4.69) is 25.2 Å². The van der Waals surface area contributed by atoms with Gasteiger partial charge in [-0.2, -0.15) is 5.26 Å². The fraction of sp³-hybridized carbons (Fsp3) is 0.800. The van der Waals surface area contributed by atoms with Crippen LogP contribution >= 0.6 is 0 Å². The number of carbonyl (C=O) groups is 1. The average molecular weight is 195 g/mol. The lowest BCUT2D eigenvalue weighted by Gasteiger charge is -2.27. The van der Waals surface area contributed by atoms with E-state index in [0.717, 1.165) is 0 Å². The largest absolute Gasteiger partial charge is 0.333 e. The molecule has 0 radical (unpaired) electrons. The molecule has 1 heterocycles. The van der Waals surface area contributed by atoms with Gasteiger partial charge >= 0.3 is 6.03 Å². The first-order chi connectivity index (χ1) is 6.38. The molecule has 1 rings (SSSR count). The zero-order valence-corrected chi connectivity index (χ0v) is 9.16. The molecule has 0 aromatic heterocycles. The Bertz CT molecular complexity index is 278. The minimum Gasteiger partial charge on any atom is -0.333 e. The van der Waals surface area contributed by atoms with Gasteiger partial charge in [0, 0.05) is 6.54 Å². The van der Waals surface area contributed by atoms with Crippen LogP contribution in [0, 0.1) is 17.2 Å². The van der Waals surface area contributed by atoms with E-state index in [1.807, 2.05) is 0 Å². The quantitative estimate of drug-likeness (QED) is 0.722. The number of rotatable bonds is 2. The maximum absolute atomic E-state index is 11.6. The van der Waals surface area contributed by atoms with Crippen LogP contribution in [-0.2, 0) is 0 Å². The molecule has 4 heteroatoms. The minimum atomic E-state index is -0.715. The van der Waals surface area contributed by atoms with Crippen molar-refractivity contribution in [2.24, 2.45) is 5.92 Å². The van der Waals surface area contributed by atoms with Gasteiger partial charge in [0.05, 0.1) is 12.1 Å². The topological polar surface area (TPSA) is 56.1 Å². The molecule has 0 aliphatic carbocycles. The van der Waals surface area contributed by atoms with Crippen molar-refractivity contribution < 1.29 is 4.79 Å². The fourth-order valence-electron chi connectivity index (χ4n) is 1.48. The van der Waals surface area contributed by atoms with Crippen LogP contribution in [0.1, 0.15) is 27.7 Å². The van der Waals surface area contributed by atoms with Crippen LogP contribution in [-0.4, -0.2) is 29.1 Å². The van der Waals surface area contributed by atoms with Gasteiger partial charge in [-0.3, -0.25) is 0 Å². The third-order valence-corrected chi connectivity index (χ3v) is 2.69. The van der Waals surface area contributed by atoms with Crippen LogP contribution in [0.25, 0.3) is 0 Å². The highest BCUT2D eigenvalue weighted by Crippen LogP contribution is 2.20. The summed E-state index contributed by atoms with van der Waals surface area (Å²) in [5, 5.41) is 11.8. The van der Waals surface area contributed by atoms with Gasteiger partial charge in [-0.05, 0) is 19.8 Å². The van der Waals surface area contributed by atoms with Gasteiger partial charge in [0.1, 0.15) is 5.54 Å². The summed E-state index contributed by atoms with van der Waals surface area (Å²) in [6, 6.07) is 2.17. The van der Waals surface area contributed by atoms with Crippen molar-refractivity contribution in [1.29, 1.82) is 5.26 Å². The Morgan fingerprint density at radius 1 is 1.64 bits per heavy atom. The molecule has 1 saturated heterocycles. The summed E-state index contributed by atoms with van der Waals surface area (Å²) >= 11 is 0. The molecule has 4 nitrogen and oxygen atoms in total. The predicted molar refractivity (Wildman–Crippen MR) is 53.6 cm³/mol. The average Bonchev–Trinajstić information content (AvgIpc) is 2.48. The molecule has 1 fully saturated rings. The minimum absolute atomic E-state index is 0.129. The Balaban J connectivity index is 2.77. The van der Waals surface area contributed by atoms with Crippen molar-refractivity contribution in [2.75, 3.05) is 6.54 Å². The molecular formula is C10H17N3O. The van der Waals surface area contributed by atoms with Crippen molar-refractivity contribution in [3.8, 4) is 6.07 Å².